The molecule has 43 heavy (non-hydrogen) atoms. The molecule has 0 saturated heterocycles. The lowest BCUT2D eigenvalue weighted by Gasteiger charge is -2.40. The van der Waals surface area contributed by atoms with Gasteiger partial charge in [-0.05, 0) is 85.5 Å². The van der Waals surface area contributed by atoms with Crippen molar-refractivity contribution in [2.75, 3.05) is 5.32 Å². The van der Waals surface area contributed by atoms with Crippen LogP contribution in [0.25, 0.3) is 0 Å². The molecular formula is C32H49ClN4O4Si2. The van der Waals surface area contributed by atoms with E-state index in [0.717, 1.165) is 5.56 Å². The zero-order valence-electron chi connectivity index (χ0n) is 27.8. The normalized spacial score (nSPS) is 14.1. The van der Waals surface area contributed by atoms with Crippen LogP contribution in [0.3, 0.4) is 0 Å². The summed E-state index contributed by atoms with van der Waals surface area (Å²) in [4.78, 5) is 27.4. The van der Waals surface area contributed by atoms with Gasteiger partial charge in [0.25, 0.3) is 5.91 Å². The van der Waals surface area contributed by atoms with Crippen LogP contribution in [0, 0.1) is 18.3 Å². The molecule has 2 rings (SSSR count). The highest BCUT2D eigenvalue weighted by molar-refractivity contribution is 6.74. The molecule has 0 fully saturated rings. The van der Waals surface area contributed by atoms with E-state index < -0.39 is 34.7 Å². The van der Waals surface area contributed by atoms with Crippen molar-refractivity contribution in [2.24, 2.45) is 5.84 Å². The number of hydrazine groups is 1. The number of nitrogens with two attached hydrogens (primary N) is 1. The Bertz CT molecular complexity index is 1390. The van der Waals surface area contributed by atoms with Gasteiger partial charge in [-0.2, -0.15) is 5.26 Å². The first kappa shape index (κ1) is 36.7. The van der Waals surface area contributed by atoms with Crippen LogP contribution in [0.4, 0.5) is 5.69 Å². The molecule has 0 aliphatic carbocycles. The number of nitrogen functional groups attached to an aromatic ring is 1. The fraction of sp³-hybridized carbons (Fsp3) is 0.531. The second-order valence-electron chi connectivity index (χ2n) is 14.2. The molecule has 0 radical (unpaired) electrons. The number of carbonyl (C=O) groups is 2. The van der Waals surface area contributed by atoms with Crippen LogP contribution in [-0.4, -0.2) is 40.5 Å². The second kappa shape index (κ2) is 13.6. The summed E-state index contributed by atoms with van der Waals surface area (Å²) in [5.41, 5.74) is 4.88. The standard InChI is InChI=1S/C32H49ClN4O4Si2/c1-20-26(16-14-23(18-34)27(20)33)36-28(21(2)41-43(11,12)32(6,7)8)29(38)25-17-22(13-15-24(25)30(39)37-35)19-40-42(9,10)31(3,4)5/h13-17,21,28,36H,19,35H2,1-12H3,(H,37,39)/t21-,28+/m0/s1. The van der Waals surface area contributed by atoms with Gasteiger partial charge in [0.2, 0.25) is 0 Å². The van der Waals surface area contributed by atoms with Gasteiger partial charge in [-0.3, -0.25) is 15.0 Å². The van der Waals surface area contributed by atoms with Gasteiger partial charge in [0, 0.05) is 11.3 Å². The molecule has 2 aromatic rings. The molecule has 0 aliphatic heterocycles. The maximum absolute atomic E-state index is 14.5. The number of rotatable bonds is 11. The Labute approximate surface area is 264 Å². The number of amides is 1. The average Bonchev–Trinajstić information content (AvgIpc) is 2.90. The summed E-state index contributed by atoms with van der Waals surface area (Å²) in [5, 5.41) is 13.0. The number of carbonyl (C=O) groups excluding carboxylic acids is 2. The van der Waals surface area contributed by atoms with Gasteiger partial charge in [0.05, 0.1) is 28.9 Å². The summed E-state index contributed by atoms with van der Waals surface area (Å²) in [7, 11) is -4.39. The number of hydrogen-bond acceptors (Lipinski definition) is 7. The van der Waals surface area contributed by atoms with E-state index >= 15 is 0 Å². The summed E-state index contributed by atoms with van der Waals surface area (Å²) in [5.74, 6) is 4.61. The number of halogens is 1. The summed E-state index contributed by atoms with van der Waals surface area (Å²) < 4.78 is 13.1. The van der Waals surface area contributed by atoms with Crippen LogP contribution >= 0.6 is 11.6 Å². The summed E-state index contributed by atoms with van der Waals surface area (Å²) in [6.45, 7) is 25.5. The third kappa shape index (κ3) is 8.56. The Morgan fingerprint density at radius 1 is 1.00 bits per heavy atom. The lowest BCUT2D eigenvalue weighted by atomic mass is 9.93. The smallest absolute Gasteiger partial charge is 0.265 e. The molecule has 0 unspecified atom stereocenters. The molecule has 8 nitrogen and oxygen atoms in total. The average molecular weight is 645 g/mol. The maximum Gasteiger partial charge on any atom is 0.265 e. The van der Waals surface area contributed by atoms with Gasteiger partial charge in [-0.25, -0.2) is 5.84 Å². The minimum absolute atomic E-state index is 0.0107. The Morgan fingerprint density at radius 2 is 1.58 bits per heavy atom. The van der Waals surface area contributed by atoms with E-state index in [1.807, 2.05) is 6.92 Å². The number of benzene rings is 2. The topological polar surface area (TPSA) is 126 Å². The number of anilines is 1. The van der Waals surface area contributed by atoms with Crippen LogP contribution in [0.5, 0.6) is 0 Å². The van der Waals surface area contributed by atoms with E-state index in [-0.39, 0.29) is 27.0 Å². The van der Waals surface area contributed by atoms with E-state index in [4.69, 9.17) is 26.3 Å². The highest BCUT2D eigenvalue weighted by Crippen LogP contribution is 2.39. The van der Waals surface area contributed by atoms with E-state index in [1.54, 1.807) is 37.3 Å². The first-order valence-corrected chi connectivity index (χ1v) is 20.7. The third-order valence-electron chi connectivity index (χ3n) is 8.99. The van der Waals surface area contributed by atoms with Gasteiger partial charge < -0.3 is 14.2 Å². The molecule has 0 aliphatic rings. The van der Waals surface area contributed by atoms with Crippen molar-refractivity contribution in [3.63, 3.8) is 0 Å². The summed E-state index contributed by atoms with van der Waals surface area (Å²) >= 11 is 6.49. The summed E-state index contributed by atoms with van der Waals surface area (Å²) in [6.07, 6.45) is -0.580. The Balaban J connectivity index is 2.67. The number of ketones is 1. The van der Waals surface area contributed by atoms with Crippen molar-refractivity contribution in [1.29, 1.82) is 5.26 Å². The monoisotopic (exact) mass is 644 g/mol. The van der Waals surface area contributed by atoms with Crippen LogP contribution in [0.15, 0.2) is 30.3 Å². The number of nitrogens with zero attached hydrogens (tertiary/aromatic N) is 1. The van der Waals surface area contributed by atoms with E-state index in [0.29, 0.717) is 28.4 Å². The first-order valence-electron chi connectivity index (χ1n) is 14.5. The van der Waals surface area contributed by atoms with Crippen LogP contribution < -0.4 is 16.6 Å². The Hall–Kier alpha value is -2.53. The number of nitriles is 1. The molecule has 0 spiro atoms. The highest BCUT2D eigenvalue weighted by Gasteiger charge is 2.42. The van der Waals surface area contributed by atoms with Gasteiger partial charge in [-0.1, -0.05) is 59.2 Å². The molecule has 0 aromatic heterocycles. The van der Waals surface area contributed by atoms with Crippen molar-refractivity contribution in [1.82, 2.24) is 5.43 Å². The lowest BCUT2D eigenvalue weighted by Crippen LogP contribution is -2.50. The van der Waals surface area contributed by atoms with E-state index in [9.17, 15) is 14.9 Å². The zero-order chi connectivity index (χ0) is 33.1. The number of Topliss-reactive ketones (excluding diaryl/α,β-unsaturated/α-hetero) is 1. The third-order valence-corrected chi connectivity index (χ3v) is 18.5. The van der Waals surface area contributed by atoms with Crippen molar-refractivity contribution in [3.05, 3.63) is 63.2 Å². The van der Waals surface area contributed by atoms with Gasteiger partial charge in [-0.15, -0.1) is 0 Å². The highest BCUT2D eigenvalue weighted by atomic mass is 35.5. The van der Waals surface area contributed by atoms with Crippen molar-refractivity contribution in [3.8, 4) is 6.07 Å². The molecule has 0 saturated carbocycles. The van der Waals surface area contributed by atoms with Crippen molar-refractivity contribution < 1.29 is 18.4 Å². The Kier molecular flexibility index (Phi) is 11.6. The molecule has 0 bridgehead atoms. The lowest BCUT2D eigenvalue weighted by molar-refractivity contribution is 0.0865. The van der Waals surface area contributed by atoms with Crippen molar-refractivity contribution in [2.45, 2.75) is 110 Å². The zero-order valence-corrected chi connectivity index (χ0v) is 30.5. The molecule has 1 amide bonds. The predicted octanol–water partition coefficient (Wildman–Crippen LogP) is 7.72. The fourth-order valence-electron chi connectivity index (χ4n) is 4.01. The quantitative estimate of drug-likeness (QED) is 0.0751. The van der Waals surface area contributed by atoms with E-state index in [2.05, 4.69) is 84.5 Å². The van der Waals surface area contributed by atoms with Gasteiger partial charge in [0.1, 0.15) is 12.1 Å². The number of nitrogens with one attached hydrogen (secondary N) is 2. The molecule has 4 N–H and O–H groups in total. The van der Waals surface area contributed by atoms with Gasteiger partial charge >= 0.3 is 0 Å². The minimum Gasteiger partial charge on any atom is -0.413 e. The molecule has 11 heteroatoms. The van der Waals surface area contributed by atoms with Crippen molar-refractivity contribution >= 4 is 45.6 Å². The molecule has 236 valence electrons. The van der Waals surface area contributed by atoms with Crippen LogP contribution in [-0.2, 0) is 15.5 Å². The van der Waals surface area contributed by atoms with E-state index in [1.165, 1.54) is 0 Å². The number of hydrogen-bond donors (Lipinski definition) is 3. The minimum atomic E-state index is -2.31. The fourth-order valence-corrected chi connectivity index (χ4v) is 6.60. The van der Waals surface area contributed by atoms with Crippen LogP contribution in [0.2, 0.25) is 41.3 Å². The predicted molar refractivity (Wildman–Crippen MR) is 180 cm³/mol. The Morgan fingerprint density at radius 3 is 2.09 bits per heavy atom. The maximum atomic E-state index is 14.5. The molecule has 2 atom stereocenters. The largest absolute Gasteiger partial charge is 0.413 e. The molecular weight excluding hydrogens is 596 g/mol. The first-order chi connectivity index (χ1) is 19.6. The molecule has 0 heterocycles. The SMILES string of the molecule is Cc1c(N[C@@H](C(=O)c2cc(CO[Si](C)(C)C(C)(C)C)ccc2C(=O)NN)[C@H](C)O[Si](C)(C)C(C)(C)C)ccc(C#N)c1Cl. The van der Waals surface area contributed by atoms with Gasteiger partial charge in [0.15, 0.2) is 22.4 Å². The summed E-state index contributed by atoms with van der Waals surface area (Å²) in [6, 6.07) is 9.66. The second-order valence-corrected chi connectivity index (χ2v) is 24.1. The molecule has 2 aromatic carbocycles. The van der Waals surface area contributed by atoms with Crippen LogP contribution in [0.1, 0.15) is 85.9 Å².